The second-order valence-corrected chi connectivity index (χ2v) is 9.22. The zero-order chi connectivity index (χ0) is 24.4. The predicted octanol–water partition coefficient (Wildman–Crippen LogP) is 3.02. The van der Waals surface area contributed by atoms with E-state index in [-0.39, 0.29) is 30.2 Å². The molecule has 5 rings (SSSR count). The van der Waals surface area contributed by atoms with E-state index < -0.39 is 0 Å². The van der Waals surface area contributed by atoms with Crippen LogP contribution in [0.15, 0.2) is 60.9 Å². The lowest BCUT2D eigenvalue weighted by Crippen LogP contribution is -2.43. The number of aryl methyl sites for hydroxylation is 1. The number of aromatic nitrogens is 2. The standard InChI is InChI=1S/C27H29N5O3/c1-19-8-10-20(11-9-19)17-28-25(33)21-5-3-13-30(18-21)23-7-2-6-22-24(23)27(35)32(26(22)34)16-15-31-14-4-12-29-31/h2,4,6-12,14,21H,3,5,13,15-18H2,1H3,(H,28,33). The van der Waals surface area contributed by atoms with Crippen LogP contribution in [0.1, 0.15) is 44.7 Å². The molecule has 1 fully saturated rings. The summed E-state index contributed by atoms with van der Waals surface area (Å²) in [5, 5.41) is 7.21. The van der Waals surface area contributed by atoms with Crippen LogP contribution in [0.25, 0.3) is 0 Å². The molecule has 2 aliphatic heterocycles. The van der Waals surface area contributed by atoms with Gasteiger partial charge < -0.3 is 10.2 Å². The van der Waals surface area contributed by atoms with Crippen molar-refractivity contribution in [1.29, 1.82) is 0 Å². The highest BCUT2D eigenvalue weighted by atomic mass is 16.2. The van der Waals surface area contributed by atoms with Gasteiger partial charge in [-0.15, -0.1) is 0 Å². The zero-order valence-electron chi connectivity index (χ0n) is 19.8. The Bertz CT molecular complexity index is 1240. The van der Waals surface area contributed by atoms with Gasteiger partial charge in [0.05, 0.1) is 29.3 Å². The van der Waals surface area contributed by atoms with Crippen LogP contribution in [0.2, 0.25) is 0 Å². The summed E-state index contributed by atoms with van der Waals surface area (Å²) in [5.74, 6) is -0.707. The topological polar surface area (TPSA) is 87.5 Å². The molecule has 180 valence electrons. The molecular weight excluding hydrogens is 442 g/mol. The second-order valence-electron chi connectivity index (χ2n) is 9.22. The molecule has 0 radical (unpaired) electrons. The highest BCUT2D eigenvalue weighted by Gasteiger charge is 2.39. The minimum atomic E-state index is -0.279. The lowest BCUT2D eigenvalue weighted by Gasteiger charge is -2.34. The molecule has 3 amide bonds. The summed E-state index contributed by atoms with van der Waals surface area (Å²) in [6.07, 6.45) is 5.12. The summed E-state index contributed by atoms with van der Waals surface area (Å²) in [5.41, 5.74) is 3.86. The van der Waals surface area contributed by atoms with Crippen molar-refractivity contribution in [2.45, 2.75) is 32.9 Å². The first-order valence-electron chi connectivity index (χ1n) is 12.1. The van der Waals surface area contributed by atoms with E-state index in [0.717, 1.165) is 30.6 Å². The van der Waals surface area contributed by atoms with E-state index in [9.17, 15) is 14.4 Å². The van der Waals surface area contributed by atoms with Crippen molar-refractivity contribution >= 4 is 23.4 Å². The third-order valence-corrected chi connectivity index (χ3v) is 6.81. The normalized spacial score (nSPS) is 17.6. The molecule has 8 nitrogen and oxygen atoms in total. The van der Waals surface area contributed by atoms with Crippen molar-refractivity contribution in [1.82, 2.24) is 20.0 Å². The van der Waals surface area contributed by atoms with Gasteiger partial charge in [-0.25, -0.2) is 0 Å². The molecule has 1 saturated heterocycles. The SMILES string of the molecule is Cc1ccc(CNC(=O)C2CCCN(c3cccc4c3C(=O)N(CCn3cccn3)C4=O)C2)cc1. The number of imide groups is 1. The molecule has 1 aromatic heterocycles. The number of piperidine rings is 1. The number of hydrogen-bond acceptors (Lipinski definition) is 5. The third kappa shape index (κ3) is 4.69. The van der Waals surface area contributed by atoms with Gasteiger partial charge >= 0.3 is 0 Å². The molecule has 0 saturated carbocycles. The van der Waals surface area contributed by atoms with E-state index in [1.54, 1.807) is 23.1 Å². The molecule has 3 aromatic rings. The van der Waals surface area contributed by atoms with Gasteiger partial charge in [0.15, 0.2) is 0 Å². The van der Waals surface area contributed by atoms with Crippen LogP contribution in [0.3, 0.4) is 0 Å². The fourth-order valence-electron chi connectivity index (χ4n) is 4.87. The molecule has 0 spiro atoms. The number of rotatable bonds is 7. The lowest BCUT2D eigenvalue weighted by molar-refractivity contribution is -0.125. The molecule has 2 aromatic carbocycles. The van der Waals surface area contributed by atoms with Crippen LogP contribution in [-0.2, 0) is 17.9 Å². The van der Waals surface area contributed by atoms with Crippen molar-refractivity contribution in [2.24, 2.45) is 5.92 Å². The Labute approximate surface area is 204 Å². The molecule has 1 atom stereocenters. The molecule has 35 heavy (non-hydrogen) atoms. The number of benzene rings is 2. The van der Waals surface area contributed by atoms with E-state index in [4.69, 9.17) is 0 Å². The van der Waals surface area contributed by atoms with Crippen molar-refractivity contribution < 1.29 is 14.4 Å². The Hall–Kier alpha value is -3.94. The molecule has 3 heterocycles. The summed E-state index contributed by atoms with van der Waals surface area (Å²) >= 11 is 0. The molecular formula is C27H29N5O3. The number of amides is 3. The zero-order valence-corrected chi connectivity index (χ0v) is 19.8. The van der Waals surface area contributed by atoms with Gasteiger partial charge in [-0.05, 0) is 43.5 Å². The first kappa shape index (κ1) is 22.8. The van der Waals surface area contributed by atoms with Gasteiger partial charge in [-0.1, -0.05) is 35.9 Å². The van der Waals surface area contributed by atoms with Crippen LogP contribution in [0.4, 0.5) is 5.69 Å². The third-order valence-electron chi connectivity index (χ3n) is 6.81. The minimum Gasteiger partial charge on any atom is -0.370 e. The fourth-order valence-corrected chi connectivity index (χ4v) is 4.87. The second kappa shape index (κ2) is 9.74. The van der Waals surface area contributed by atoms with Gasteiger partial charge in [0.2, 0.25) is 5.91 Å². The summed E-state index contributed by atoms with van der Waals surface area (Å²) in [7, 11) is 0. The quantitative estimate of drug-likeness (QED) is 0.536. The minimum absolute atomic E-state index is 0.0195. The van der Waals surface area contributed by atoms with Crippen molar-refractivity contribution in [2.75, 3.05) is 24.5 Å². The number of carbonyl (C=O) groups excluding carboxylic acids is 3. The van der Waals surface area contributed by atoms with Gasteiger partial charge in [0, 0.05) is 38.6 Å². The number of anilines is 1. The van der Waals surface area contributed by atoms with Gasteiger partial charge in [0.25, 0.3) is 11.8 Å². The summed E-state index contributed by atoms with van der Waals surface area (Å²) < 4.78 is 1.70. The number of nitrogens with zero attached hydrogens (tertiary/aromatic N) is 4. The molecule has 0 aliphatic carbocycles. The van der Waals surface area contributed by atoms with Crippen LogP contribution in [-0.4, -0.2) is 52.0 Å². The summed E-state index contributed by atoms with van der Waals surface area (Å²) in [6, 6.07) is 15.3. The summed E-state index contributed by atoms with van der Waals surface area (Å²) in [6.45, 7) is 4.50. The van der Waals surface area contributed by atoms with Crippen LogP contribution in [0, 0.1) is 12.8 Å². The Balaban J connectivity index is 1.28. The smallest absolute Gasteiger partial charge is 0.263 e. The largest absolute Gasteiger partial charge is 0.370 e. The van der Waals surface area contributed by atoms with E-state index in [2.05, 4.69) is 15.3 Å². The lowest BCUT2D eigenvalue weighted by atomic mass is 9.95. The van der Waals surface area contributed by atoms with Crippen LogP contribution < -0.4 is 10.2 Å². The number of hydrogen-bond donors (Lipinski definition) is 1. The number of carbonyl (C=O) groups is 3. The van der Waals surface area contributed by atoms with Gasteiger partial charge in [0.1, 0.15) is 0 Å². The van der Waals surface area contributed by atoms with E-state index >= 15 is 0 Å². The van der Waals surface area contributed by atoms with Crippen molar-refractivity contribution in [3.63, 3.8) is 0 Å². The first-order chi connectivity index (χ1) is 17.0. The number of fused-ring (bicyclic) bond motifs is 1. The van der Waals surface area contributed by atoms with Crippen molar-refractivity contribution in [3.05, 3.63) is 83.2 Å². The van der Waals surface area contributed by atoms with Gasteiger partial charge in [-0.2, -0.15) is 5.10 Å². The maximum atomic E-state index is 13.3. The van der Waals surface area contributed by atoms with E-state index in [1.807, 2.05) is 49.4 Å². The Kier molecular flexibility index (Phi) is 6.35. The summed E-state index contributed by atoms with van der Waals surface area (Å²) in [4.78, 5) is 42.6. The molecule has 1 unspecified atom stereocenters. The molecule has 8 heteroatoms. The molecule has 1 N–H and O–H groups in total. The highest BCUT2D eigenvalue weighted by molar-refractivity contribution is 6.23. The van der Waals surface area contributed by atoms with Crippen LogP contribution in [0.5, 0.6) is 0 Å². The maximum Gasteiger partial charge on any atom is 0.263 e. The average molecular weight is 472 g/mol. The number of nitrogens with one attached hydrogen (secondary N) is 1. The van der Waals surface area contributed by atoms with E-state index in [0.29, 0.717) is 30.8 Å². The molecule has 0 bridgehead atoms. The molecule has 2 aliphatic rings. The van der Waals surface area contributed by atoms with Gasteiger partial charge in [-0.3, -0.25) is 24.0 Å². The average Bonchev–Trinajstić information content (AvgIpc) is 3.49. The Morgan fingerprint density at radius 1 is 1.06 bits per heavy atom. The van der Waals surface area contributed by atoms with Crippen molar-refractivity contribution in [3.8, 4) is 0 Å². The Morgan fingerprint density at radius 3 is 2.66 bits per heavy atom. The predicted molar refractivity (Wildman–Crippen MR) is 132 cm³/mol. The monoisotopic (exact) mass is 471 g/mol. The fraction of sp³-hybridized carbons (Fsp3) is 0.333. The Morgan fingerprint density at radius 2 is 1.89 bits per heavy atom. The van der Waals surface area contributed by atoms with E-state index in [1.165, 1.54) is 10.5 Å². The maximum absolute atomic E-state index is 13.3. The first-order valence-corrected chi connectivity index (χ1v) is 12.1. The van der Waals surface area contributed by atoms with Crippen LogP contribution >= 0.6 is 0 Å². The highest BCUT2D eigenvalue weighted by Crippen LogP contribution is 2.34.